The van der Waals surface area contributed by atoms with E-state index in [9.17, 15) is 9.59 Å². The molecule has 2 amide bonds. The van der Waals surface area contributed by atoms with Crippen molar-refractivity contribution in [2.45, 2.75) is 19.3 Å². The van der Waals surface area contributed by atoms with Gasteiger partial charge in [0.15, 0.2) is 0 Å². The van der Waals surface area contributed by atoms with Crippen LogP contribution in [0.1, 0.15) is 18.4 Å². The Morgan fingerprint density at radius 2 is 1.59 bits per heavy atom. The van der Waals surface area contributed by atoms with Gasteiger partial charge in [0.2, 0.25) is 11.8 Å². The van der Waals surface area contributed by atoms with Gasteiger partial charge >= 0.3 is 0 Å². The Bertz CT molecular complexity index is 572. The second-order valence-electron chi connectivity index (χ2n) is 5.22. The average Bonchev–Trinajstić information content (AvgIpc) is 2.54. The third kappa shape index (κ3) is 4.57. The summed E-state index contributed by atoms with van der Waals surface area (Å²) in [7, 11) is 0. The summed E-state index contributed by atoms with van der Waals surface area (Å²) >= 11 is 3.39. The number of nitriles is 1. The largest absolute Gasteiger partial charge is 0.339 e. The summed E-state index contributed by atoms with van der Waals surface area (Å²) in [6, 6.07) is 9.83. The summed E-state index contributed by atoms with van der Waals surface area (Å²) in [5, 5.41) is 8.54. The first kappa shape index (κ1) is 16.5. The Hall–Kier alpha value is -1.87. The van der Waals surface area contributed by atoms with E-state index in [0.29, 0.717) is 32.6 Å². The number of rotatable bonds is 4. The number of piperazine rings is 1. The lowest BCUT2D eigenvalue weighted by atomic mass is 10.1. The Morgan fingerprint density at radius 3 is 2.14 bits per heavy atom. The molecule has 0 unspecified atom stereocenters. The number of hydrogen-bond donors (Lipinski definition) is 0. The van der Waals surface area contributed by atoms with E-state index in [0.717, 1.165) is 16.5 Å². The first-order chi connectivity index (χ1) is 10.6. The number of benzene rings is 1. The van der Waals surface area contributed by atoms with Gasteiger partial charge in [-0.25, -0.2) is 0 Å². The van der Waals surface area contributed by atoms with E-state index >= 15 is 0 Å². The normalized spacial score (nSPS) is 14.5. The Labute approximate surface area is 138 Å². The number of halogens is 1. The van der Waals surface area contributed by atoms with Gasteiger partial charge in [-0.15, -0.1) is 0 Å². The summed E-state index contributed by atoms with van der Waals surface area (Å²) in [4.78, 5) is 27.3. The molecule has 5 nitrogen and oxygen atoms in total. The average molecular weight is 364 g/mol. The van der Waals surface area contributed by atoms with Crippen molar-refractivity contribution in [2.75, 3.05) is 26.2 Å². The quantitative estimate of drug-likeness (QED) is 0.821. The highest BCUT2D eigenvalue weighted by molar-refractivity contribution is 9.10. The lowest BCUT2D eigenvalue weighted by Gasteiger charge is -2.34. The summed E-state index contributed by atoms with van der Waals surface area (Å²) in [5.41, 5.74) is 1.14. The molecule has 22 heavy (non-hydrogen) atoms. The number of aryl methyl sites for hydroxylation is 1. The fourth-order valence-corrected chi connectivity index (χ4v) is 2.71. The molecule has 1 aromatic rings. The predicted molar refractivity (Wildman–Crippen MR) is 85.9 cm³/mol. The van der Waals surface area contributed by atoms with Crippen LogP contribution in [-0.2, 0) is 16.0 Å². The monoisotopic (exact) mass is 363 g/mol. The molecule has 1 aromatic carbocycles. The Balaban J connectivity index is 1.76. The van der Waals surface area contributed by atoms with Crippen LogP contribution >= 0.6 is 15.9 Å². The minimum absolute atomic E-state index is 0.0858. The molecule has 1 heterocycles. The second-order valence-corrected chi connectivity index (χ2v) is 6.14. The highest BCUT2D eigenvalue weighted by Gasteiger charge is 2.23. The van der Waals surface area contributed by atoms with Crippen LogP contribution in [0, 0.1) is 11.3 Å². The molecular weight excluding hydrogens is 346 g/mol. The van der Waals surface area contributed by atoms with Crippen molar-refractivity contribution in [2.24, 2.45) is 0 Å². The van der Waals surface area contributed by atoms with Crippen LogP contribution in [0.2, 0.25) is 0 Å². The fourth-order valence-electron chi connectivity index (χ4n) is 2.45. The predicted octanol–water partition coefficient (Wildman–Crippen LogP) is 1.97. The summed E-state index contributed by atoms with van der Waals surface area (Å²) in [5.74, 6) is -0.0280. The van der Waals surface area contributed by atoms with E-state index in [1.165, 1.54) is 0 Å². The lowest BCUT2D eigenvalue weighted by molar-refractivity contribution is -0.139. The van der Waals surface area contributed by atoms with Crippen molar-refractivity contribution in [3.8, 4) is 6.07 Å². The Kier molecular flexibility index (Phi) is 5.96. The van der Waals surface area contributed by atoms with Crippen LogP contribution in [0.3, 0.4) is 0 Å². The highest BCUT2D eigenvalue weighted by atomic mass is 79.9. The van der Waals surface area contributed by atoms with E-state index in [-0.39, 0.29) is 18.2 Å². The molecule has 0 saturated carbocycles. The van der Waals surface area contributed by atoms with E-state index in [1.807, 2.05) is 30.3 Å². The number of amides is 2. The molecule has 0 bridgehead atoms. The summed E-state index contributed by atoms with van der Waals surface area (Å²) in [6.45, 7) is 2.14. The van der Waals surface area contributed by atoms with Crippen molar-refractivity contribution in [3.63, 3.8) is 0 Å². The molecule has 1 saturated heterocycles. The van der Waals surface area contributed by atoms with Crippen LogP contribution in [0.4, 0.5) is 0 Å². The smallest absolute Gasteiger partial charge is 0.236 e. The zero-order valence-corrected chi connectivity index (χ0v) is 13.9. The topological polar surface area (TPSA) is 64.4 Å². The van der Waals surface area contributed by atoms with Crippen molar-refractivity contribution < 1.29 is 9.59 Å². The van der Waals surface area contributed by atoms with Gasteiger partial charge in [-0.1, -0.05) is 28.1 Å². The van der Waals surface area contributed by atoms with E-state index < -0.39 is 0 Å². The standard InChI is InChI=1S/C16H18BrN3O2/c17-14-4-1-13(2-5-14)3-6-15(21)19-9-11-20(12-10-19)16(22)7-8-18/h1-2,4-5H,3,6-7,9-12H2. The van der Waals surface area contributed by atoms with Gasteiger partial charge in [-0.3, -0.25) is 9.59 Å². The van der Waals surface area contributed by atoms with Gasteiger partial charge < -0.3 is 9.80 Å². The fraction of sp³-hybridized carbons (Fsp3) is 0.438. The number of carbonyl (C=O) groups is 2. The molecule has 2 rings (SSSR count). The number of nitrogens with zero attached hydrogens (tertiary/aromatic N) is 3. The lowest BCUT2D eigenvalue weighted by Crippen LogP contribution is -2.50. The maximum absolute atomic E-state index is 12.2. The molecule has 116 valence electrons. The molecule has 0 aromatic heterocycles. The van der Waals surface area contributed by atoms with Gasteiger partial charge in [0, 0.05) is 37.1 Å². The van der Waals surface area contributed by atoms with Gasteiger partial charge in [0.05, 0.1) is 6.07 Å². The zero-order valence-electron chi connectivity index (χ0n) is 12.3. The molecule has 1 fully saturated rings. The van der Waals surface area contributed by atoms with Crippen LogP contribution in [0.15, 0.2) is 28.7 Å². The van der Waals surface area contributed by atoms with E-state index in [4.69, 9.17) is 5.26 Å². The van der Waals surface area contributed by atoms with Crippen molar-refractivity contribution >= 4 is 27.7 Å². The molecule has 1 aliphatic heterocycles. The van der Waals surface area contributed by atoms with Crippen molar-refractivity contribution in [1.82, 2.24) is 9.80 Å². The highest BCUT2D eigenvalue weighted by Crippen LogP contribution is 2.13. The molecule has 1 aliphatic rings. The van der Waals surface area contributed by atoms with Gasteiger partial charge in [-0.2, -0.15) is 5.26 Å². The van der Waals surface area contributed by atoms with Gasteiger partial charge in [0.1, 0.15) is 6.42 Å². The molecule has 0 atom stereocenters. The summed E-state index contributed by atoms with van der Waals surface area (Å²) < 4.78 is 1.03. The number of hydrogen-bond acceptors (Lipinski definition) is 3. The van der Waals surface area contributed by atoms with Crippen molar-refractivity contribution in [1.29, 1.82) is 5.26 Å². The number of carbonyl (C=O) groups excluding carboxylic acids is 2. The Morgan fingerprint density at radius 1 is 1.05 bits per heavy atom. The van der Waals surface area contributed by atoms with E-state index in [2.05, 4.69) is 15.9 Å². The van der Waals surface area contributed by atoms with Crippen LogP contribution in [0.25, 0.3) is 0 Å². The van der Waals surface area contributed by atoms with Crippen LogP contribution in [-0.4, -0.2) is 47.8 Å². The zero-order chi connectivity index (χ0) is 15.9. The molecule has 0 spiro atoms. The summed E-state index contributed by atoms with van der Waals surface area (Å²) in [6.07, 6.45) is 1.12. The van der Waals surface area contributed by atoms with Crippen LogP contribution < -0.4 is 0 Å². The molecule has 0 N–H and O–H groups in total. The molecule has 0 aliphatic carbocycles. The van der Waals surface area contributed by atoms with Crippen LogP contribution in [0.5, 0.6) is 0 Å². The maximum atomic E-state index is 12.2. The van der Waals surface area contributed by atoms with Gasteiger partial charge in [0.25, 0.3) is 0 Å². The van der Waals surface area contributed by atoms with E-state index in [1.54, 1.807) is 9.80 Å². The third-order valence-corrected chi connectivity index (χ3v) is 4.28. The molecule has 0 radical (unpaired) electrons. The van der Waals surface area contributed by atoms with Gasteiger partial charge in [-0.05, 0) is 24.1 Å². The SMILES string of the molecule is N#CCC(=O)N1CCN(C(=O)CCc2ccc(Br)cc2)CC1. The molecular formula is C16H18BrN3O2. The second kappa shape index (κ2) is 7.95. The minimum atomic E-state index is -0.149. The first-order valence-electron chi connectivity index (χ1n) is 7.27. The van der Waals surface area contributed by atoms with Crippen molar-refractivity contribution in [3.05, 3.63) is 34.3 Å². The first-order valence-corrected chi connectivity index (χ1v) is 8.06. The molecule has 6 heteroatoms. The maximum Gasteiger partial charge on any atom is 0.236 e. The third-order valence-electron chi connectivity index (χ3n) is 3.76. The minimum Gasteiger partial charge on any atom is -0.339 e.